The highest BCUT2D eigenvalue weighted by atomic mass is 32.5. The standard InChI is InChI=1S/C21H28FN11O9P2S2/c22-6-21(7-34)4-13(19(40-21)33-16-14(30-31-33)18(35)29-20(24)28-16)42-44(37,46)38-2-1-10-12(41-43(36)45)3-11(39-10)9-5-25-17-15(23)26-8-27-32(9)17/h5,8,10-13,19,34,43H,1-4,6-7H2,(H,36,45)(H,37,46)(H2,23,26,27)(H3,24,28,29,35)/t10-,11-,12+,13-,19-,21-,44?/m1/s1. The van der Waals surface area contributed by atoms with Gasteiger partial charge in [-0.25, -0.2) is 18.9 Å². The Balaban J connectivity index is 1.16. The minimum atomic E-state index is -4.07. The van der Waals surface area contributed by atoms with Crippen molar-refractivity contribution in [3.8, 4) is 0 Å². The number of imidazole rings is 1. The lowest BCUT2D eigenvalue weighted by atomic mass is 10.0. The van der Waals surface area contributed by atoms with Gasteiger partial charge in [-0.1, -0.05) is 5.21 Å². The Kier molecular flexibility index (Phi) is 9.46. The van der Waals surface area contributed by atoms with E-state index in [-0.39, 0.29) is 42.4 Å². The maximum Gasteiger partial charge on any atom is 0.324 e. The van der Waals surface area contributed by atoms with Gasteiger partial charge in [0.15, 0.2) is 36.0 Å². The molecule has 250 valence electrons. The highest BCUT2D eigenvalue weighted by Crippen LogP contribution is 2.52. The lowest BCUT2D eigenvalue weighted by molar-refractivity contribution is -0.119. The molecule has 8 atom stereocenters. The quantitative estimate of drug-likeness (QED) is 0.0972. The van der Waals surface area contributed by atoms with E-state index in [1.807, 2.05) is 0 Å². The molecular formula is C21H28FN11O9P2S2. The minimum Gasteiger partial charge on any atom is -0.393 e. The number of halogens is 1. The second-order valence-electron chi connectivity index (χ2n) is 10.5. The summed E-state index contributed by atoms with van der Waals surface area (Å²) >= 11 is 10.2. The molecule has 4 aromatic rings. The molecule has 2 aliphatic rings. The average molecular weight is 724 g/mol. The van der Waals surface area contributed by atoms with Crippen molar-refractivity contribution in [1.82, 2.24) is 44.5 Å². The highest BCUT2D eigenvalue weighted by molar-refractivity contribution is 8.07. The first-order valence-electron chi connectivity index (χ1n) is 13.5. The van der Waals surface area contributed by atoms with Crippen LogP contribution in [0.15, 0.2) is 17.3 Å². The van der Waals surface area contributed by atoms with Gasteiger partial charge in [-0.15, -0.1) is 5.10 Å². The van der Waals surface area contributed by atoms with Crippen LogP contribution < -0.4 is 17.0 Å². The summed E-state index contributed by atoms with van der Waals surface area (Å²) in [6.07, 6.45) is -1.47. The number of fused-ring (bicyclic) bond motifs is 2. The summed E-state index contributed by atoms with van der Waals surface area (Å²) < 4.78 is 45.6. The fraction of sp³-hybridized carbons (Fsp3) is 0.571. The Labute approximate surface area is 268 Å². The third-order valence-electron chi connectivity index (χ3n) is 7.45. The fourth-order valence-electron chi connectivity index (χ4n) is 5.38. The van der Waals surface area contributed by atoms with E-state index < -0.39 is 69.0 Å². The number of alkyl halides is 1. The van der Waals surface area contributed by atoms with E-state index in [0.717, 1.165) is 4.68 Å². The number of hydrogen-bond donors (Lipinski definition) is 6. The first-order chi connectivity index (χ1) is 21.9. The number of aromatic nitrogens is 9. The Hall–Kier alpha value is -2.66. The molecule has 0 saturated carbocycles. The third kappa shape index (κ3) is 6.55. The van der Waals surface area contributed by atoms with E-state index in [9.17, 15) is 24.1 Å². The van der Waals surface area contributed by atoms with Crippen LogP contribution in [0.2, 0.25) is 0 Å². The minimum absolute atomic E-state index is 0.106. The van der Waals surface area contributed by atoms with E-state index in [1.54, 1.807) is 6.20 Å². The van der Waals surface area contributed by atoms with Gasteiger partial charge in [0.05, 0.1) is 37.3 Å². The normalized spacial score (nSPS) is 28.7. The molecule has 2 unspecified atom stereocenters. The molecule has 4 aromatic heterocycles. The zero-order valence-electron chi connectivity index (χ0n) is 23.4. The van der Waals surface area contributed by atoms with Crippen LogP contribution in [0.5, 0.6) is 0 Å². The van der Waals surface area contributed by atoms with Crippen LogP contribution >= 0.6 is 13.9 Å². The second-order valence-corrected chi connectivity index (χ2v) is 15.1. The number of nitrogens with zero attached hydrogens (tertiary/aromatic N) is 8. The number of ether oxygens (including phenoxy) is 2. The number of rotatable bonds is 12. The van der Waals surface area contributed by atoms with E-state index in [0.29, 0.717) is 17.8 Å². The van der Waals surface area contributed by atoms with Gasteiger partial charge in [-0.05, 0) is 23.6 Å². The van der Waals surface area contributed by atoms with Gasteiger partial charge >= 0.3 is 6.72 Å². The van der Waals surface area contributed by atoms with Crippen LogP contribution in [0.1, 0.15) is 37.3 Å². The lowest BCUT2D eigenvalue weighted by Crippen LogP contribution is -2.36. The van der Waals surface area contributed by atoms with Gasteiger partial charge in [-0.3, -0.25) is 9.78 Å². The summed E-state index contributed by atoms with van der Waals surface area (Å²) in [7, 11) is -2.53. The molecule has 2 fully saturated rings. The number of hydrogen-bond acceptors (Lipinski definition) is 17. The molecular weight excluding hydrogens is 695 g/mol. The molecule has 0 spiro atoms. The number of nitrogens with two attached hydrogens (primary N) is 2. The van der Waals surface area contributed by atoms with Crippen LogP contribution in [-0.4, -0.2) is 103 Å². The first-order valence-corrected chi connectivity index (χ1v) is 18.6. The summed E-state index contributed by atoms with van der Waals surface area (Å²) in [5.74, 6) is -0.0603. The van der Waals surface area contributed by atoms with Crippen LogP contribution in [0.3, 0.4) is 0 Å². The molecule has 46 heavy (non-hydrogen) atoms. The molecule has 2 aliphatic heterocycles. The highest BCUT2D eigenvalue weighted by Gasteiger charge is 2.51. The smallest absolute Gasteiger partial charge is 0.324 e. The first kappa shape index (κ1) is 33.2. The summed E-state index contributed by atoms with van der Waals surface area (Å²) in [6, 6.07) is 0. The number of anilines is 2. The van der Waals surface area contributed by atoms with Crippen molar-refractivity contribution in [3.05, 3.63) is 28.6 Å². The molecule has 2 saturated heterocycles. The van der Waals surface area contributed by atoms with Crippen molar-refractivity contribution in [2.24, 2.45) is 0 Å². The van der Waals surface area contributed by atoms with Crippen LogP contribution in [-0.2, 0) is 46.7 Å². The van der Waals surface area contributed by atoms with Crippen molar-refractivity contribution in [2.75, 3.05) is 31.4 Å². The zero-order valence-corrected chi connectivity index (χ0v) is 27.0. The van der Waals surface area contributed by atoms with E-state index in [4.69, 9.17) is 58.1 Å². The number of nitrogens with one attached hydrogen (secondary N) is 1. The molecule has 25 heteroatoms. The Morgan fingerprint density at radius 3 is 2.85 bits per heavy atom. The fourth-order valence-corrected chi connectivity index (χ4v) is 7.73. The van der Waals surface area contributed by atoms with Gasteiger partial charge in [0.25, 0.3) is 5.56 Å². The predicted molar refractivity (Wildman–Crippen MR) is 163 cm³/mol. The molecule has 6 rings (SSSR count). The monoisotopic (exact) mass is 723 g/mol. The molecule has 0 radical (unpaired) electrons. The Bertz CT molecular complexity index is 1880. The third-order valence-corrected chi connectivity index (χ3v) is 9.87. The SMILES string of the molecule is Nc1nc2c(nnn2[C@@H]2O[C@@](CO)(CF)C[C@H]2OP(O)(=S)OCC[C@H]2O[C@@H](c3cnc4c(N)ncnn34)C[C@@H]2O[PH](O)=S)c(=O)[nH]1. The second kappa shape index (κ2) is 13.1. The van der Waals surface area contributed by atoms with Crippen molar-refractivity contribution < 1.29 is 42.3 Å². The van der Waals surface area contributed by atoms with Gasteiger partial charge in [-0.2, -0.15) is 14.8 Å². The summed E-state index contributed by atoms with van der Waals surface area (Å²) in [6.45, 7) is -6.14. The largest absolute Gasteiger partial charge is 0.393 e. The van der Waals surface area contributed by atoms with E-state index in [1.165, 1.54) is 10.8 Å². The van der Waals surface area contributed by atoms with Gasteiger partial charge < -0.3 is 49.4 Å². The molecule has 0 aromatic carbocycles. The Morgan fingerprint density at radius 2 is 2.11 bits per heavy atom. The number of aromatic amines is 1. The lowest BCUT2D eigenvalue weighted by Gasteiger charge is -2.24. The predicted octanol–water partition coefficient (Wildman–Crippen LogP) is -0.841. The van der Waals surface area contributed by atoms with Crippen molar-refractivity contribution in [2.45, 2.75) is 55.5 Å². The van der Waals surface area contributed by atoms with Crippen LogP contribution in [0.4, 0.5) is 16.2 Å². The zero-order chi connectivity index (χ0) is 32.8. The number of aliphatic hydroxyl groups excluding tert-OH is 1. The summed E-state index contributed by atoms with van der Waals surface area (Å²) in [4.78, 5) is 47.6. The van der Waals surface area contributed by atoms with Crippen LogP contribution in [0.25, 0.3) is 16.8 Å². The average Bonchev–Trinajstić information content (AvgIpc) is 3.77. The van der Waals surface area contributed by atoms with Crippen LogP contribution in [0, 0.1) is 0 Å². The molecule has 0 bridgehead atoms. The molecule has 20 nitrogen and oxygen atoms in total. The Morgan fingerprint density at radius 1 is 1.30 bits per heavy atom. The number of nitrogen functional groups attached to an aromatic ring is 2. The van der Waals surface area contributed by atoms with E-state index in [2.05, 4.69) is 35.3 Å². The van der Waals surface area contributed by atoms with E-state index >= 15 is 0 Å². The molecule has 6 heterocycles. The molecule has 0 amide bonds. The van der Waals surface area contributed by atoms with Crippen molar-refractivity contribution >= 4 is 66.1 Å². The maximum atomic E-state index is 14.1. The molecule has 0 aliphatic carbocycles. The van der Waals surface area contributed by atoms with Gasteiger partial charge in [0, 0.05) is 19.3 Å². The number of H-pyrrole nitrogens is 1. The maximum absolute atomic E-state index is 14.1. The molecule has 8 N–H and O–H groups in total. The van der Waals surface area contributed by atoms with Crippen molar-refractivity contribution in [3.63, 3.8) is 0 Å². The van der Waals surface area contributed by atoms with Gasteiger partial charge in [0.1, 0.15) is 30.8 Å². The topological polar surface area (TPSA) is 278 Å². The summed E-state index contributed by atoms with van der Waals surface area (Å²) in [5, 5.41) is 21.8. The van der Waals surface area contributed by atoms with Gasteiger partial charge in [0.2, 0.25) is 5.95 Å². The summed E-state index contributed by atoms with van der Waals surface area (Å²) in [5.41, 5.74) is 9.76. The van der Waals surface area contributed by atoms with Crippen molar-refractivity contribution in [1.29, 1.82) is 0 Å². The number of aliphatic hydroxyl groups is 1.